The Kier molecular flexibility index (Phi) is 9.00. The number of imidazole rings is 1. The highest BCUT2D eigenvalue weighted by Crippen LogP contribution is 2.23. The fourth-order valence-electron chi connectivity index (χ4n) is 3.78. The molecule has 12 nitrogen and oxygen atoms in total. The number of fused-ring (bicyclic) bond motifs is 1. The average Bonchev–Trinajstić information content (AvgIpc) is 3.25. The maximum Gasteiger partial charge on any atom is 0.319 e. The smallest absolute Gasteiger partial charge is 0.319 e. The summed E-state index contributed by atoms with van der Waals surface area (Å²) in [6.07, 6.45) is 1.36. The molecule has 0 radical (unpaired) electrons. The van der Waals surface area contributed by atoms with E-state index in [9.17, 15) is 14.7 Å². The van der Waals surface area contributed by atoms with E-state index in [2.05, 4.69) is 46.4 Å². The van der Waals surface area contributed by atoms with Crippen LogP contribution in [-0.2, 0) is 21.5 Å². The molecule has 0 saturated carbocycles. The van der Waals surface area contributed by atoms with Gasteiger partial charge in [-0.1, -0.05) is 32.9 Å². The molecular formula is C25H36N8O4. The van der Waals surface area contributed by atoms with E-state index in [4.69, 9.17) is 10.5 Å². The normalized spacial score (nSPS) is 13.2. The number of nitrogens with one attached hydrogen (secondary N) is 2. The van der Waals surface area contributed by atoms with Gasteiger partial charge in [0.15, 0.2) is 11.5 Å². The number of urea groups is 1. The molecule has 0 bridgehead atoms. The number of benzene rings is 1. The summed E-state index contributed by atoms with van der Waals surface area (Å²) in [6.45, 7) is 6.84. The molecule has 5 N–H and O–H groups in total. The molecule has 0 saturated heterocycles. The zero-order chi connectivity index (χ0) is 27.2. The number of nitrogens with zero attached hydrogens (tertiary/aromatic N) is 5. The SMILES string of the molecule is COC(CN(C)C(=O)CCNC(=O)Nc1ccc(C(C)(C)C)cc1)[C@@H](O)Cn1cnc2c(N)ncnc21. The fourth-order valence-corrected chi connectivity index (χ4v) is 3.78. The van der Waals surface area contributed by atoms with Crippen molar-refractivity contribution in [2.45, 2.75) is 51.4 Å². The number of carbonyl (C=O) groups excluding carboxylic acids is 2. The van der Waals surface area contributed by atoms with Gasteiger partial charge in [-0.25, -0.2) is 19.7 Å². The molecule has 1 unspecified atom stereocenters. The van der Waals surface area contributed by atoms with Crippen molar-refractivity contribution in [1.82, 2.24) is 29.7 Å². The number of nitrogens with two attached hydrogens (primary N) is 1. The Bertz CT molecular complexity index is 1210. The van der Waals surface area contributed by atoms with Crippen LogP contribution in [0.25, 0.3) is 11.2 Å². The van der Waals surface area contributed by atoms with Gasteiger partial charge in [-0.3, -0.25) is 4.79 Å². The summed E-state index contributed by atoms with van der Waals surface area (Å²) in [7, 11) is 3.09. The summed E-state index contributed by atoms with van der Waals surface area (Å²) in [5.74, 6) is 0.0604. The predicted molar refractivity (Wildman–Crippen MR) is 141 cm³/mol. The highest BCUT2D eigenvalue weighted by molar-refractivity contribution is 5.89. The Hall–Kier alpha value is -3.77. The number of rotatable bonds is 10. The van der Waals surface area contributed by atoms with Crippen molar-refractivity contribution < 1.29 is 19.4 Å². The number of aliphatic hydroxyl groups excluding tert-OH is 1. The number of hydrogen-bond donors (Lipinski definition) is 4. The van der Waals surface area contributed by atoms with Gasteiger partial charge in [0.25, 0.3) is 0 Å². The molecule has 3 rings (SSSR count). The van der Waals surface area contributed by atoms with Crippen LogP contribution in [0.5, 0.6) is 0 Å². The zero-order valence-electron chi connectivity index (χ0n) is 21.9. The van der Waals surface area contributed by atoms with Crippen molar-refractivity contribution in [3.05, 3.63) is 42.5 Å². The van der Waals surface area contributed by atoms with E-state index in [0.717, 1.165) is 0 Å². The second-order valence-electron chi connectivity index (χ2n) is 9.90. The largest absolute Gasteiger partial charge is 0.388 e. The minimum atomic E-state index is -0.942. The van der Waals surface area contributed by atoms with E-state index in [1.807, 2.05) is 24.3 Å². The first-order chi connectivity index (χ1) is 17.5. The van der Waals surface area contributed by atoms with Crippen LogP contribution in [0.15, 0.2) is 36.9 Å². The Balaban J connectivity index is 1.44. The Morgan fingerprint density at radius 1 is 1.19 bits per heavy atom. The van der Waals surface area contributed by atoms with Crippen LogP contribution in [0.1, 0.15) is 32.8 Å². The maximum atomic E-state index is 12.6. The van der Waals surface area contributed by atoms with Gasteiger partial charge in [-0.05, 0) is 23.1 Å². The first kappa shape index (κ1) is 27.8. The lowest BCUT2D eigenvalue weighted by atomic mass is 9.87. The van der Waals surface area contributed by atoms with Crippen molar-refractivity contribution in [2.24, 2.45) is 0 Å². The van der Waals surface area contributed by atoms with Gasteiger partial charge in [0, 0.05) is 39.4 Å². The molecule has 0 aliphatic rings. The number of nitrogen functional groups attached to an aromatic ring is 1. The molecule has 12 heteroatoms. The van der Waals surface area contributed by atoms with Crippen molar-refractivity contribution >= 4 is 34.6 Å². The second-order valence-corrected chi connectivity index (χ2v) is 9.90. The van der Waals surface area contributed by atoms with Gasteiger partial charge in [0.1, 0.15) is 17.9 Å². The summed E-state index contributed by atoms with van der Waals surface area (Å²) in [5.41, 5.74) is 8.64. The quantitative estimate of drug-likeness (QED) is 0.320. The molecule has 2 aromatic heterocycles. The summed E-state index contributed by atoms with van der Waals surface area (Å²) in [6, 6.07) is 7.27. The molecule has 0 fully saturated rings. The monoisotopic (exact) mass is 512 g/mol. The maximum absolute atomic E-state index is 12.6. The summed E-state index contributed by atoms with van der Waals surface area (Å²) in [5, 5.41) is 16.2. The van der Waals surface area contributed by atoms with E-state index in [0.29, 0.717) is 16.9 Å². The molecule has 37 heavy (non-hydrogen) atoms. The topological polar surface area (TPSA) is 161 Å². The highest BCUT2D eigenvalue weighted by Gasteiger charge is 2.24. The van der Waals surface area contributed by atoms with Gasteiger partial charge in [-0.2, -0.15) is 0 Å². The molecule has 3 amide bonds. The van der Waals surface area contributed by atoms with Gasteiger partial charge >= 0.3 is 6.03 Å². The molecule has 2 heterocycles. The summed E-state index contributed by atoms with van der Waals surface area (Å²) >= 11 is 0. The Morgan fingerprint density at radius 2 is 1.89 bits per heavy atom. The first-order valence-electron chi connectivity index (χ1n) is 12.0. The van der Waals surface area contributed by atoms with E-state index < -0.39 is 12.2 Å². The number of aliphatic hydroxyl groups is 1. The lowest BCUT2D eigenvalue weighted by Crippen LogP contribution is -2.43. The number of amides is 3. The standard InChI is InChI=1S/C25H36N8O4/c1-25(2,3)16-6-8-17(9-7-16)31-24(36)27-11-10-20(35)32(4)13-19(37-5)18(34)12-33-15-30-21-22(26)28-14-29-23(21)33/h6-9,14-15,18-19,34H,10-13H2,1-5H3,(H2,26,28,29)(H2,27,31,36)/t18-,19?/m0/s1. The van der Waals surface area contributed by atoms with E-state index in [1.54, 1.807) is 11.6 Å². The van der Waals surface area contributed by atoms with E-state index in [-0.39, 0.29) is 49.2 Å². The molecule has 1 aromatic carbocycles. The van der Waals surface area contributed by atoms with Crippen molar-refractivity contribution in [1.29, 1.82) is 0 Å². The minimum Gasteiger partial charge on any atom is -0.388 e. The number of anilines is 2. The van der Waals surface area contributed by atoms with E-state index >= 15 is 0 Å². The number of carbonyl (C=O) groups is 2. The van der Waals surface area contributed by atoms with Crippen LogP contribution < -0.4 is 16.4 Å². The molecule has 0 aliphatic heterocycles. The van der Waals surface area contributed by atoms with Crippen molar-refractivity contribution in [3.63, 3.8) is 0 Å². The lowest BCUT2D eigenvalue weighted by Gasteiger charge is -2.27. The minimum absolute atomic E-state index is 0.0301. The van der Waals surface area contributed by atoms with Crippen molar-refractivity contribution in [2.75, 3.05) is 38.3 Å². The van der Waals surface area contributed by atoms with Crippen LogP contribution >= 0.6 is 0 Å². The second kappa shape index (κ2) is 12.0. The van der Waals surface area contributed by atoms with Gasteiger partial charge in [0.05, 0.1) is 19.0 Å². The van der Waals surface area contributed by atoms with Gasteiger partial charge in [-0.15, -0.1) is 0 Å². The first-order valence-corrected chi connectivity index (χ1v) is 12.0. The Morgan fingerprint density at radius 3 is 2.54 bits per heavy atom. The lowest BCUT2D eigenvalue weighted by molar-refractivity contribution is -0.132. The van der Waals surface area contributed by atoms with Gasteiger partial charge in [0.2, 0.25) is 5.91 Å². The number of hydrogen-bond acceptors (Lipinski definition) is 8. The Labute approximate surface area is 216 Å². The van der Waals surface area contributed by atoms with Gasteiger partial charge < -0.3 is 35.7 Å². The molecular weight excluding hydrogens is 476 g/mol. The zero-order valence-corrected chi connectivity index (χ0v) is 21.9. The number of likely N-dealkylation sites (N-methyl/N-ethyl adjacent to an activating group) is 1. The fraction of sp³-hybridized carbons (Fsp3) is 0.480. The van der Waals surface area contributed by atoms with Crippen molar-refractivity contribution in [3.8, 4) is 0 Å². The number of methoxy groups -OCH3 is 1. The van der Waals surface area contributed by atoms with Crippen LogP contribution in [0.4, 0.5) is 16.3 Å². The summed E-state index contributed by atoms with van der Waals surface area (Å²) in [4.78, 5) is 38.5. The van der Waals surface area contributed by atoms with Crippen LogP contribution in [0.2, 0.25) is 0 Å². The van der Waals surface area contributed by atoms with Crippen LogP contribution in [-0.4, -0.2) is 80.9 Å². The average molecular weight is 513 g/mol. The molecule has 2 atom stereocenters. The third kappa shape index (κ3) is 7.37. The molecule has 200 valence electrons. The highest BCUT2D eigenvalue weighted by atomic mass is 16.5. The number of ether oxygens (including phenoxy) is 1. The van der Waals surface area contributed by atoms with Crippen LogP contribution in [0.3, 0.4) is 0 Å². The third-order valence-electron chi connectivity index (χ3n) is 6.06. The predicted octanol–water partition coefficient (Wildman–Crippen LogP) is 1.75. The van der Waals surface area contributed by atoms with Crippen LogP contribution in [0, 0.1) is 0 Å². The third-order valence-corrected chi connectivity index (χ3v) is 6.06. The molecule has 0 spiro atoms. The molecule has 3 aromatic rings. The van der Waals surface area contributed by atoms with E-state index in [1.165, 1.54) is 30.2 Å². The summed E-state index contributed by atoms with van der Waals surface area (Å²) < 4.78 is 7.10. The molecule has 0 aliphatic carbocycles. The number of aromatic nitrogens is 4.